The number of nitro benzene ring substituents is 1. The van der Waals surface area contributed by atoms with Gasteiger partial charge in [-0.05, 0) is 32.9 Å². The number of hydrogen-bond acceptors (Lipinski definition) is 5. The van der Waals surface area contributed by atoms with Gasteiger partial charge in [0, 0.05) is 37.9 Å². The summed E-state index contributed by atoms with van der Waals surface area (Å²) in [6, 6.07) is 4.74. The minimum absolute atomic E-state index is 0.112. The van der Waals surface area contributed by atoms with Crippen LogP contribution < -0.4 is 4.90 Å². The van der Waals surface area contributed by atoms with Crippen molar-refractivity contribution in [3.8, 4) is 0 Å². The first-order valence-electron chi connectivity index (χ1n) is 7.34. The Labute approximate surface area is 139 Å². The number of halogens is 1. The SMILES string of the molecule is CC(C)(C)OC(=O)N1CCN(c2ccc(Cl)c([N+](=O)[O-])c2)CC1. The second kappa shape index (κ2) is 6.62. The van der Waals surface area contributed by atoms with Gasteiger partial charge < -0.3 is 14.5 Å². The Balaban J connectivity index is 2.01. The van der Waals surface area contributed by atoms with Crippen LogP contribution >= 0.6 is 11.6 Å². The summed E-state index contributed by atoms with van der Waals surface area (Å²) in [5, 5.41) is 11.1. The van der Waals surface area contributed by atoms with Crippen LogP contribution in [-0.4, -0.2) is 47.7 Å². The number of benzene rings is 1. The lowest BCUT2D eigenvalue weighted by molar-refractivity contribution is -0.384. The number of rotatable bonds is 2. The maximum atomic E-state index is 12.0. The van der Waals surface area contributed by atoms with Crippen molar-refractivity contribution in [1.29, 1.82) is 0 Å². The third-order valence-corrected chi connectivity index (χ3v) is 3.74. The topological polar surface area (TPSA) is 75.9 Å². The average Bonchev–Trinajstić information content (AvgIpc) is 2.46. The molecule has 0 atom stereocenters. The van der Waals surface area contributed by atoms with Gasteiger partial charge in [0.25, 0.3) is 5.69 Å². The van der Waals surface area contributed by atoms with Crippen molar-refractivity contribution in [3.05, 3.63) is 33.3 Å². The van der Waals surface area contributed by atoms with Crippen LogP contribution in [0, 0.1) is 10.1 Å². The van der Waals surface area contributed by atoms with E-state index in [1.54, 1.807) is 11.0 Å². The highest BCUT2D eigenvalue weighted by Crippen LogP contribution is 2.29. The average molecular weight is 342 g/mol. The Kier molecular flexibility index (Phi) is 4.99. The van der Waals surface area contributed by atoms with Crippen LogP contribution in [0.2, 0.25) is 5.02 Å². The zero-order chi connectivity index (χ0) is 17.2. The first-order chi connectivity index (χ1) is 10.7. The Hall–Kier alpha value is -2.02. The summed E-state index contributed by atoms with van der Waals surface area (Å²) >= 11 is 5.83. The third kappa shape index (κ3) is 4.48. The van der Waals surface area contributed by atoms with Gasteiger partial charge >= 0.3 is 6.09 Å². The van der Waals surface area contributed by atoms with Gasteiger partial charge in [0.05, 0.1) is 4.92 Å². The van der Waals surface area contributed by atoms with Crippen LogP contribution in [0.4, 0.5) is 16.2 Å². The van der Waals surface area contributed by atoms with Crippen LogP contribution in [0.3, 0.4) is 0 Å². The normalized spacial score (nSPS) is 15.5. The number of ether oxygens (including phenoxy) is 1. The summed E-state index contributed by atoms with van der Waals surface area (Å²) in [7, 11) is 0. The summed E-state index contributed by atoms with van der Waals surface area (Å²) in [6.45, 7) is 7.66. The number of nitro groups is 1. The predicted molar refractivity (Wildman–Crippen MR) is 88.1 cm³/mol. The summed E-state index contributed by atoms with van der Waals surface area (Å²) in [6.07, 6.45) is -0.334. The molecule has 126 valence electrons. The van der Waals surface area contributed by atoms with Crippen molar-refractivity contribution in [2.45, 2.75) is 26.4 Å². The van der Waals surface area contributed by atoms with Gasteiger partial charge in [0.1, 0.15) is 10.6 Å². The summed E-state index contributed by atoms with van der Waals surface area (Å²) < 4.78 is 5.35. The van der Waals surface area contributed by atoms with E-state index in [1.165, 1.54) is 12.1 Å². The quantitative estimate of drug-likeness (QED) is 0.609. The Morgan fingerprint density at radius 2 is 1.87 bits per heavy atom. The lowest BCUT2D eigenvalue weighted by Crippen LogP contribution is -2.50. The molecule has 0 spiro atoms. The number of carbonyl (C=O) groups is 1. The Morgan fingerprint density at radius 1 is 1.26 bits per heavy atom. The third-order valence-electron chi connectivity index (χ3n) is 3.42. The van der Waals surface area contributed by atoms with Gasteiger partial charge in [-0.1, -0.05) is 11.6 Å². The number of hydrogen-bond donors (Lipinski definition) is 0. The fourth-order valence-corrected chi connectivity index (χ4v) is 2.50. The highest BCUT2D eigenvalue weighted by atomic mass is 35.5. The van der Waals surface area contributed by atoms with Crippen molar-refractivity contribution >= 4 is 29.1 Å². The van der Waals surface area contributed by atoms with E-state index in [1.807, 2.05) is 25.7 Å². The smallest absolute Gasteiger partial charge is 0.410 e. The number of amides is 1. The van der Waals surface area contributed by atoms with Gasteiger partial charge in [-0.2, -0.15) is 0 Å². The maximum absolute atomic E-state index is 12.0. The standard InChI is InChI=1S/C15H20ClN3O4/c1-15(2,3)23-14(20)18-8-6-17(7-9-18)11-4-5-12(16)13(10-11)19(21)22/h4-5,10H,6-9H2,1-3H3. The first kappa shape index (κ1) is 17.3. The first-order valence-corrected chi connectivity index (χ1v) is 7.72. The second-order valence-electron chi connectivity index (χ2n) is 6.35. The minimum Gasteiger partial charge on any atom is -0.444 e. The lowest BCUT2D eigenvalue weighted by Gasteiger charge is -2.36. The molecule has 0 aliphatic carbocycles. The van der Waals surface area contributed by atoms with Crippen LogP contribution in [0.5, 0.6) is 0 Å². The van der Waals surface area contributed by atoms with E-state index < -0.39 is 10.5 Å². The molecule has 1 amide bonds. The molecule has 0 unspecified atom stereocenters. The highest BCUT2D eigenvalue weighted by molar-refractivity contribution is 6.32. The fourth-order valence-electron chi connectivity index (χ4n) is 2.31. The molecule has 0 N–H and O–H groups in total. The van der Waals surface area contributed by atoms with Crippen molar-refractivity contribution in [2.24, 2.45) is 0 Å². The molecule has 23 heavy (non-hydrogen) atoms. The van der Waals surface area contributed by atoms with Crippen molar-refractivity contribution in [3.63, 3.8) is 0 Å². The lowest BCUT2D eigenvalue weighted by atomic mass is 10.2. The van der Waals surface area contributed by atoms with E-state index in [9.17, 15) is 14.9 Å². The van der Waals surface area contributed by atoms with E-state index in [4.69, 9.17) is 16.3 Å². The Morgan fingerprint density at radius 3 is 2.39 bits per heavy atom. The summed E-state index contributed by atoms with van der Waals surface area (Å²) in [5.74, 6) is 0. The predicted octanol–water partition coefficient (Wildman–Crippen LogP) is 3.31. The van der Waals surface area contributed by atoms with E-state index in [2.05, 4.69) is 0 Å². The van der Waals surface area contributed by atoms with E-state index in [-0.39, 0.29) is 16.8 Å². The molecular weight excluding hydrogens is 322 g/mol. The molecule has 1 heterocycles. The fraction of sp³-hybridized carbons (Fsp3) is 0.533. The van der Waals surface area contributed by atoms with Gasteiger partial charge in [-0.3, -0.25) is 10.1 Å². The van der Waals surface area contributed by atoms with E-state index >= 15 is 0 Å². The molecule has 1 aliphatic rings. The molecule has 1 fully saturated rings. The molecular formula is C15H20ClN3O4. The molecule has 0 saturated carbocycles. The molecule has 7 nitrogen and oxygen atoms in total. The molecule has 8 heteroatoms. The van der Waals surface area contributed by atoms with Crippen molar-refractivity contribution in [2.75, 3.05) is 31.1 Å². The number of nitrogens with zero attached hydrogens (tertiary/aromatic N) is 3. The summed E-state index contributed by atoms with van der Waals surface area (Å²) in [4.78, 5) is 26.1. The second-order valence-corrected chi connectivity index (χ2v) is 6.75. The van der Waals surface area contributed by atoms with Crippen molar-refractivity contribution in [1.82, 2.24) is 4.90 Å². The van der Waals surface area contributed by atoms with Gasteiger partial charge in [0.15, 0.2) is 0 Å². The van der Waals surface area contributed by atoms with E-state index in [0.29, 0.717) is 26.2 Å². The zero-order valence-corrected chi connectivity index (χ0v) is 14.2. The molecule has 1 aromatic rings. The monoisotopic (exact) mass is 341 g/mol. The minimum atomic E-state index is -0.523. The van der Waals surface area contributed by atoms with E-state index in [0.717, 1.165) is 5.69 Å². The molecule has 1 saturated heterocycles. The van der Waals surface area contributed by atoms with Crippen LogP contribution in [0.25, 0.3) is 0 Å². The maximum Gasteiger partial charge on any atom is 0.410 e. The van der Waals surface area contributed by atoms with Gasteiger partial charge in [0.2, 0.25) is 0 Å². The van der Waals surface area contributed by atoms with Gasteiger partial charge in [-0.25, -0.2) is 4.79 Å². The van der Waals surface area contributed by atoms with Crippen LogP contribution in [0.15, 0.2) is 18.2 Å². The molecule has 0 aromatic heterocycles. The molecule has 1 aromatic carbocycles. The van der Waals surface area contributed by atoms with Crippen LogP contribution in [-0.2, 0) is 4.74 Å². The molecule has 0 radical (unpaired) electrons. The largest absolute Gasteiger partial charge is 0.444 e. The van der Waals surface area contributed by atoms with Crippen molar-refractivity contribution < 1.29 is 14.5 Å². The molecule has 1 aliphatic heterocycles. The summed E-state index contributed by atoms with van der Waals surface area (Å²) in [5.41, 5.74) is 0.0917. The van der Waals surface area contributed by atoms with Crippen LogP contribution in [0.1, 0.15) is 20.8 Å². The molecule has 2 rings (SSSR count). The zero-order valence-electron chi connectivity index (χ0n) is 13.4. The highest BCUT2D eigenvalue weighted by Gasteiger charge is 2.26. The number of carbonyl (C=O) groups excluding carboxylic acids is 1. The number of piperazine rings is 1. The Bertz CT molecular complexity index is 607. The molecule has 0 bridgehead atoms. The van der Waals surface area contributed by atoms with Gasteiger partial charge in [-0.15, -0.1) is 0 Å². The number of anilines is 1.